The molecule has 0 saturated carbocycles. The highest BCUT2D eigenvalue weighted by molar-refractivity contribution is 6.32. The minimum Gasteiger partial charge on any atom is -0.454 e. The molecule has 4 nitrogen and oxygen atoms in total. The second-order valence-corrected chi connectivity index (χ2v) is 5.05. The summed E-state index contributed by atoms with van der Waals surface area (Å²) in [5.41, 5.74) is 2.63. The van der Waals surface area contributed by atoms with Crippen molar-refractivity contribution in [1.29, 1.82) is 0 Å². The van der Waals surface area contributed by atoms with E-state index >= 15 is 0 Å². The van der Waals surface area contributed by atoms with E-state index in [0.717, 1.165) is 35.6 Å². The summed E-state index contributed by atoms with van der Waals surface area (Å²) >= 11 is 12.0. The summed E-state index contributed by atoms with van der Waals surface area (Å²) < 4.78 is 10.6. The molecule has 0 aliphatic carbocycles. The highest BCUT2D eigenvalue weighted by Crippen LogP contribution is 2.33. The van der Waals surface area contributed by atoms with Gasteiger partial charge in [-0.2, -0.15) is 0 Å². The summed E-state index contributed by atoms with van der Waals surface area (Å²) in [5.74, 6) is 1.87. The van der Waals surface area contributed by atoms with E-state index in [1.165, 1.54) is 6.33 Å². The molecular formula is C14H12Cl2N2O2. The molecule has 6 heteroatoms. The molecule has 20 heavy (non-hydrogen) atoms. The summed E-state index contributed by atoms with van der Waals surface area (Å²) in [6.45, 7) is 0.287. The number of hydrogen-bond acceptors (Lipinski definition) is 4. The van der Waals surface area contributed by atoms with Crippen molar-refractivity contribution >= 4 is 23.2 Å². The maximum atomic E-state index is 6.21. The smallest absolute Gasteiger partial charge is 0.231 e. The zero-order valence-corrected chi connectivity index (χ0v) is 12.1. The fraction of sp³-hybridized carbons (Fsp3) is 0.286. The fourth-order valence-electron chi connectivity index (χ4n) is 2.07. The van der Waals surface area contributed by atoms with Gasteiger partial charge in [0, 0.05) is 0 Å². The van der Waals surface area contributed by atoms with Crippen LogP contribution in [0.2, 0.25) is 5.02 Å². The minimum atomic E-state index is 0.287. The van der Waals surface area contributed by atoms with Crippen molar-refractivity contribution in [3.8, 4) is 11.5 Å². The van der Waals surface area contributed by atoms with Crippen LogP contribution in [0.4, 0.5) is 0 Å². The Bertz CT molecular complexity index is 635. The summed E-state index contributed by atoms with van der Waals surface area (Å²) in [7, 11) is 0. The number of aromatic nitrogens is 2. The lowest BCUT2D eigenvalue weighted by Gasteiger charge is -2.06. The lowest BCUT2D eigenvalue weighted by molar-refractivity contribution is 0.174. The van der Waals surface area contributed by atoms with Gasteiger partial charge in [0.25, 0.3) is 0 Å². The van der Waals surface area contributed by atoms with E-state index in [0.29, 0.717) is 16.6 Å². The van der Waals surface area contributed by atoms with Crippen LogP contribution in [-0.2, 0) is 18.7 Å². The van der Waals surface area contributed by atoms with E-state index in [9.17, 15) is 0 Å². The van der Waals surface area contributed by atoms with E-state index in [4.69, 9.17) is 32.7 Å². The van der Waals surface area contributed by atoms with E-state index < -0.39 is 0 Å². The van der Waals surface area contributed by atoms with Gasteiger partial charge in [-0.15, -0.1) is 11.6 Å². The normalized spacial score (nSPS) is 12.7. The lowest BCUT2D eigenvalue weighted by Crippen LogP contribution is -2.00. The number of hydrogen-bond donors (Lipinski definition) is 0. The van der Waals surface area contributed by atoms with Gasteiger partial charge in [-0.3, -0.25) is 0 Å². The van der Waals surface area contributed by atoms with E-state index in [1.807, 2.05) is 18.2 Å². The number of aryl methyl sites for hydroxylation is 2. The van der Waals surface area contributed by atoms with Crippen LogP contribution in [0, 0.1) is 0 Å². The molecule has 0 N–H and O–H groups in total. The Morgan fingerprint density at radius 2 is 1.85 bits per heavy atom. The molecule has 0 saturated heterocycles. The van der Waals surface area contributed by atoms with Crippen molar-refractivity contribution < 1.29 is 9.47 Å². The Balaban J connectivity index is 1.73. The highest BCUT2D eigenvalue weighted by Gasteiger charge is 2.14. The summed E-state index contributed by atoms with van der Waals surface area (Å²) in [6, 6.07) is 5.93. The maximum absolute atomic E-state index is 6.21. The molecule has 0 atom stereocenters. The Labute approximate surface area is 126 Å². The second kappa shape index (κ2) is 5.85. The first-order valence-electron chi connectivity index (χ1n) is 6.20. The average molecular weight is 311 g/mol. The first-order chi connectivity index (χ1) is 9.78. The standard InChI is InChI=1S/C14H12Cl2N2O2/c15-6-11-14(16)10(17-7-18-11)3-1-9-2-4-12-13(5-9)20-8-19-12/h2,4-5,7H,1,3,6,8H2. The summed E-state index contributed by atoms with van der Waals surface area (Å²) in [5, 5.41) is 0.559. The number of alkyl halides is 1. The average Bonchev–Trinajstić information content (AvgIpc) is 2.93. The third kappa shape index (κ3) is 2.67. The second-order valence-electron chi connectivity index (χ2n) is 4.40. The van der Waals surface area contributed by atoms with E-state index in [2.05, 4.69) is 9.97 Å². The molecule has 0 unspecified atom stereocenters. The van der Waals surface area contributed by atoms with Crippen molar-refractivity contribution in [2.75, 3.05) is 6.79 Å². The molecule has 0 spiro atoms. The van der Waals surface area contributed by atoms with Crippen LogP contribution in [0.1, 0.15) is 17.0 Å². The zero-order chi connectivity index (χ0) is 13.9. The molecule has 104 valence electrons. The third-order valence-corrected chi connectivity index (χ3v) is 3.84. The highest BCUT2D eigenvalue weighted by atomic mass is 35.5. The van der Waals surface area contributed by atoms with E-state index in [-0.39, 0.29) is 6.79 Å². The van der Waals surface area contributed by atoms with Crippen molar-refractivity contribution in [1.82, 2.24) is 9.97 Å². The quantitative estimate of drug-likeness (QED) is 0.812. The van der Waals surface area contributed by atoms with Gasteiger partial charge in [-0.25, -0.2) is 9.97 Å². The van der Waals surface area contributed by atoms with Crippen LogP contribution in [0.15, 0.2) is 24.5 Å². The van der Waals surface area contributed by atoms with Gasteiger partial charge >= 0.3 is 0 Å². The van der Waals surface area contributed by atoms with Crippen LogP contribution in [-0.4, -0.2) is 16.8 Å². The zero-order valence-electron chi connectivity index (χ0n) is 10.6. The molecule has 0 bridgehead atoms. The predicted octanol–water partition coefficient (Wildman–Crippen LogP) is 3.38. The fourth-order valence-corrected chi connectivity index (χ4v) is 2.60. The summed E-state index contributed by atoms with van der Waals surface area (Å²) in [4.78, 5) is 8.26. The molecule has 2 aromatic rings. The number of nitrogens with zero attached hydrogens (tertiary/aromatic N) is 2. The first-order valence-corrected chi connectivity index (χ1v) is 7.12. The van der Waals surface area contributed by atoms with Crippen LogP contribution < -0.4 is 9.47 Å². The van der Waals surface area contributed by atoms with Crippen LogP contribution in [0.5, 0.6) is 11.5 Å². The predicted molar refractivity (Wildman–Crippen MR) is 76.6 cm³/mol. The lowest BCUT2D eigenvalue weighted by atomic mass is 10.1. The van der Waals surface area contributed by atoms with Crippen LogP contribution >= 0.6 is 23.2 Å². The molecule has 3 rings (SSSR count). The maximum Gasteiger partial charge on any atom is 0.231 e. The molecule has 1 aliphatic rings. The first kappa shape index (κ1) is 13.5. The van der Waals surface area contributed by atoms with Gasteiger partial charge in [-0.1, -0.05) is 17.7 Å². The largest absolute Gasteiger partial charge is 0.454 e. The van der Waals surface area contributed by atoms with Crippen molar-refractivity contribution in [3.05, 3.63) is 46.5 Å². The SMILES string of the molecule is ClCc1ncnc(CCc2ccc3c(c2)OCO3)c1Cl. The molecule has 2 heterocycles. The topological polar surface area (TPSA) is 44.2 Å². The van der Waals surface area contributed by atoms with Gasteiger partial charge in [0.15, 0.2) is 11.5 Å². The monoisotopic (exact) mass is 310 g/mol. The summed E-state index contributed by atoms with van der Waals surface area (Å²) in [6.07, 6.45) is 3.04. The molecule has 0 fully saturated rings. The molecule has 1 aromatic carbocycles. The number of benzene rings is 1. The molecular weight excluding hydrogens is 299 g/mol. The Kier molecular flexibility index (Phi) is 3.94. The molecule has 0 amide bonds. The van der Waals surface area contributed by atoms with Gasteiger partial charge in [-0.05, 0) is 30.5 Å². The van der Waals surface area contributed by atoms with E-state index in [1.54, 1.807) is 0 Å². The molecule has 1 aliphatic heterocycles. The Morgan fingerprint density at radius 3 is 2.70 bits per heavy atom. The van der Waals surface area contributed by atoms with Crippen molar-refractivity contribution in [3.63, 3.8) is 0 Å². The van der Waals surface area contributed by atoms with Gasteiger partial charge in [0.05, 0.1) is 22.3 Å². The Morgan fingerprint density at radius 1 is 1.05 bits per heavy atom. The minimum absolute atomic E-state index is 0.287. The van der Waals surface area contributed by atoms with Crippen molar-refractivity contribution in [2.24, 2.45) is 0 Å². The molecule has 1 aromatic heterocycles. The van der Waals surface area contributed by atoms with Crippen molar-refractivity contribution in [2.45, 2.75) is 18.7 Å². The number of ether oxygens (including phenoxy) is 2. The van der Waals surface area contributed by atoms with Gasteiger partial charge in [0.2, 0.25) is 6.79 Å². The van der Waals surface area contributed by atoms with Gasteiger partial charge < -0.3 is 9.47 Å². The van der Waals surface area contributed by atoms with Gasteiger partial charge in [0.1, 0.15) is 6.33 Å². The molecule has 0 radical (unpaired) electrons. The number of fused-ring (bicyclic) bond motifs is 1. The number of rotatable bonds is 4. The third-order valence-electron chi connectivity index (χ3n) is 3.15. The van der Waals surface area contributed by atoms with Crippen LogP contribution in [0.25, 0.3) is 0 Å². The Hall–Kier alpha value is -1.52. The number of halogens is 2. The van der Waals surface area contributed by atoms with Crippen LogP contribution in [0.3, 0.4) is 0 Å².